The molecule has 0 bridgehead atoms. The van der Waals surface area contributed by atoms with Crippen molar-refractivity contribution in [3.05, 3.63) is 53.6 Å². The van der Waals surface area contributed by atoms with Gasteiger partial charge in [0.05, 0.1) is 33.8 Å². The zero-order valence-electron chi connectivity index (χ0n) is 14.9. The molecule has 26 heavy (non-hydrogen) atoms. The summed E-state index contributed by atoms with van der Waals surface area (Å²) in [5.74, 6) is 1.21. The van der Waals surface area contributed by atoms with Crippen LogP contribution in [0, 0.1) is 11.3 Å². The fourth-order valence-electron chi connectivity index (χ4n) is 2.40. The average molecular weight is 352 g/mol. The predicted octanol–water partition coefficient (Wildman–Crippen LogP) is 3.43. The van der Waals surface area contributed by atoms with Gasteiger partial charge in [-0.1, -0.05) is 12.1 Å². The van der Waals surface area contributed by atoms with Crippen LogP contribution in [-0.4, -0.2) is 27.2 Å². The molecule has 0 fully saturated rings. The van der Waals surface area contributed by atoms with Gasteiger partial charge in [0.2, 0.25) is 11.7 Å². The van der Waals surface area contributed by atoms with Crippen molar-refractivity contribution in [1.82, 2.24) is 0 Å². The summed E-state index contributed by atoms with van der Waals surface area (Å²) in [4.78, 5) is 12.1. The van der Waals surface area contributed by atoms with E-state index < -0.39 is 0 Å². The molecule has 0 spiro atoms. The van der Waals surface area contributed by atoms with Crippen LogP contribution in [0.1, 0.15) is 11.1 Å². The second-order valence-electron chi connectivity index (χ2n) is 5.28. The topological polar surface area (TPSA) is 80.6 Å². The summed E-state index contributed by atoms with van der Waals surface area (Å²) >= 11 is 0. The van der Waals surface area contributed by atoms with Crippen LogP contribution in [0.3, 0.4) is 0 Å². The van der Waals surface area contributed by atoms with Crippen LogP contribution >= 0.6 is 0 Å². The van der Waals surface area contributed by atoms with E-state index in [-0.39, 0.29) is 5.91 Å². The minimum absolute atomic E-state index is 0.283. The maximum Gasteiger partial charge on any atom is 0.248 e. The summed E-state index contributed by atoms with van der Waals surface area (Å²) in [5, 5.41) is 11.4. The predicted molar refractivity (Wildman–Crippen MR) is 99.5 cm³/mol. The molecule has 2 aromatic rings. The molecule has 0 radical (unpaired) electrons. The van der Waals surface area contributed by atoms with E-state index in [1.807, 2.05) is 0 Å². The number of hydrogen-bond acceptors (Lipinski definition) is 5. The highest BCUT2D eigenvalue weighted by Crippen LogP contribution is 2.40. The molecular weight excluding hydrogens is 332 g/mol. The van der Waals surface area contributed by atoms with Crippen molar-refractivity contribution in [3.63, 3.8) is 0 Å². The number of carbonyl (C=O) groups is 1. The summed E-state index contributed by atoms with van der Waals surface area (Å²) in [6, 6.07) is 12.7. The molecule has 0 saturated carbocycles. The van der Waals surface area contributed by atoms with Gasteiger partial charge in [-0.25, -0.2) is 0 Å². The highest BCUT2D eigenvalue weighted by Gasteiger charge is 2.14. The van der Waals surface area contributed by atoms with Crippen molar-refractivity contribution < 1.29 is 19.0 Å². The molecule has 0 aliphatic carbocycles. The van der Waals surface area contributed by atoms with Gasteiger partial charge >= 0.3 is 0 Å². The maximum absolute atomic E-state index is 12.1. The first-order chi connectivity index (χ1) is 12.6. The average Bonchev–Trinajstić information content (AvgIpc) is 2.67. The van der Waals surface area contributed by atoms with Crippen LogP contribution in [0.25, 0.3) is 6.08 Å². The third kappa shape index (κ3) is 4.54. The molecular formula is C20H20N2O4. The van der Waals surface area contributed by atoms with Crippen LogP contribution in [0.15, 0.2) is 42.5 Å². The van der Waals surface area contributed by atoms with Gasteiger partial charge in [-0.05, 0) is 35.9 Å². The lowest BCUT2D eigenvalue weighted by molar-refractivity contribution is -0.111. The Balaban J connectivity index is 2.13. The van der Waals surface area contributed by atoms with Gasteiger partial charge in [0, 0.05) is 17.3 Å². The fraction of sp³-hybridized carbons (Fsp3) is 0.200. The van der Waals surface area contributed by atoms with Gasteiger partial charge in [-0.3, -0.25) is 4.79 Å². The monoisotopic (exact) mass is 352 g/mol. The van der Waals surface area contributed by atoms with Gasteiger partial charge < -0.3 is 19.5 Å². The third-order valence-electron chi connectivity index (χ3n) is 3.65. The van der Waals surface area contributed by atoms with E-state index in [2.05, 4.69) is 11.4 Å². The first-order valence-electron chi connectivity index (χ1n) is 7.86. The molecule has 1 amide bonds. The highest BCUT2D eigenvalue weighted by molar-refractivity contribution is 6.02. The Morgan fingerprint density at radius 2 is 1.73 bits per heavy atom. The van der Waals surface area contributed by atoms with Gasteiger partial charge in [-0.15, -0.1) is 0 Å². The smallest absolute Gasteiger partial charge is 0.248 e. The lowest BCUT2D eigenvalue weighted by Gasteiger charge is -2.13. The Hall–Kier alpha value is -3.46. The second-order valence-corrected chi connectivity index (χ2v) is 5.28. The Kier molecular flexibility index (Phi) is 6.63. The number of nitrogens with zero attached hydrogens (tertiary/aromatic N) is 1. The Labute approximate surface area is 152 Å². The highest BCUT2D eigenvalue weighted by atomic mass is 16.5. The first kappa shape index (κ1) is 18.9. The van der Waals surface area contributed by atoms with E-state index in [4.69, 9.17) is 19.5 Å². The molecule has 6 nitrogen and oxygen atoms in total. The summed E-state index contributed by atoms with van der Waals surface area (Å²) in [6.45, 7) is 0. The number of hydrogen-bond donors (Lipinski definition) is 1. The zero-order chi connectivity index (χ0) is 18.9. The molecule has 0 aliphatic rings. The normalized spacial score (nSPS) is 10.2. The largest absolute Gasteiger partial charge is 0.493 e. The Morgan fingerprint density at radius 3 is 2.31 bits per heavy atom. The van der Waals surface area contributed by atoms with Gasteiger partial charge in [0.1, 0.15) is 0 Å². The number of methoxy groups -OCH3 is 3. The van der Waals surface area contributed by atoms with Gasteiger partial charge in [0.25, 0.3) is 0 Å². The molecule has 0 atom stereocenters. The standard InChI is InChI=1S/C20H20N2O4/c1-24-17-10-6-15(19(25-2)20(17)26-3)7-11-18(23)22-16-8-4-14(5-9-16)12-13-21/h4-11H,12H2,1-3H3,(H,22,23)/b11-7-. The Morgan fingerprint density at radius 1 is 1.04 bits per heavy atom. The number of rotatable bonds is 7. The molecule has 1 N–H and O–H groups in total. The summed E-state index contributed by atoms with van der Waals surface area (Å²) < 4.78 is 15.9. The lowest BCUT2D eigenvalue weighted by Crippen LogP contribution is -2.07. The third-order valence-corrected chi connectivity index (χ3v) is 3.65. The summed E-state index contributed by atoms with van der Waals surface area (Å²) in [6.07, 6.45) is 3.39. The summed E-state index contributed by atoms with van der Waals surface area (Å²) in [5.41, 5.74) is 2.24. The van der Waals surface area contributed by atoms with Gasteiger partial charge in [-0.2, -0.15) is 5.26 Å². The van der Waals surface area contributed by atoms with Crippen molar-refractivity contribution in [2.24, 2.45) is 0 Å². The fourth-order valence-corrected chi connectivity index (χ4v) is 2.40. The van der Waals surface area contributed by atoms with Crippen molar-refractivity contribution in [2.75, 3.05) is 26.6 Å². The number of nitriles is 1. The number of amides is 1. The van der Waals surface area contributed by atoms with Crippen LogP contribution in [0.5, 0.6) is 17.2 Å². The number of nitrogens with one attached hydrogen (secondary N) is 1. The number of ether oxygens (including phenoxy) is 3. The lowest BCUT2D eigenvalue weighted by atomic mass is 10.1. The quantitative estimate of drug-likeness (QED) is 0.772. The molecule has 134 valence electrons. The number of carbonyl (C=O) groups excluding carboxylic acids is 1. The van der Waals surface area contributed by atoms with Crippen molar-refractivity contribution >= 4 is 17.7 Å². The van der Waals surface area contributed by atoms with Crippen LogP contribution < -0.4 is 19.5 Å². The van der Waals surface area contributed by atoms with Crippen LogP contribution in [-0.2, 0) is 11.2 Å². The van der Waals surface area contributed by atoms with E-state index >= 15 is 0 Å². The number of benzene rings is 2. The second kappa shape index (κ2) is 9.14. The minimum atomic E-state index is -0.283. The van der Waals surface area contributed by atoms with E-state index in [1.54, 1.807) is 49.6 Å². The molecule has 0 saturated heterocycles. The molecule has 0 aliphatic heterocycles. The van der Waals surface area contributed by atoms with Crippen molar-refractivity contribution in [3.8, 4) is 23.3 Å². The molecule has 2 rings (SSSR count). The van der Waals surface area contributed by atoms with Crippen LogP contribution in [0.4, 0.5) is 5.69 Å². The molecule has 6 heteroatoms. The van der Waals surface area contributed by atoms with E-state index in [0.29, 0.717) is 34.9 Å². The molecule has 0 heterocycles. The maximum atomic E-state index is 12.1. The van der Waals surface area contributed by atoms with Crippen molar-refractivity contribution in [2.45, 2.75) is 6.42 Å². The minimum Gasteiger partial charge on any atom is -0.493 e. The number of anilines is 1. The SMILES string of the molecule is COc1ccc(/C=C\C(=O)Nc2ccc(CC#N)cc2)c(OC)c1OC. The molecule has 2 aromatic carbocycles. The van der Waals surface area contributed by atoms with Crippen molar-refractivity contribution in [1.29, 1.82) is 5.26 Å². The van der Waals surface area contributed by atoms with Crippen LogP contribution in [0.2, 0.25) is 0 Å². The zero-order valence-corrected chi connectivity index (χ0v) is 14.9. The van der Waals surface area contributed by atoms with E-state index in [9.17, 15) is 4.79 Å². The van der Waals surface area contributed by atoms with E-state index in [1.165, 1.54) is 20.3 Å². The van der Waals surface area contributed by atoms with E-state index in [0.717, 1.165) is 5.56 Å². The Bertz CT molecular complexity index is 836. The van der Waals surface area contributed by atoms with Gasteiger partial charge in [0.15, 0.2) is 11.5 Å². The molecule has 0 unspecified atom stereocenters. The molecule has 0 aromatic heterocycles. The summed E-state index contributed by atoms with van der Waals surface area (Å²) in [7, 11) is 4.59. The first-order valence-corrected chi connectivity index (χ1v) is 7.86.